The van der Waals surface area contributed by atoms with Gasteiger partial charge in [-0.25, -0.2) is 9.07 Å². The molecule has 3 rings (SSSR count). The summed E-state index contributed by atoms with van der Waals surface area (Å²) in [4.78, 5) is 4.25. The van der Waals surface area contributed by atoms with Crippen molar-refractivity contribution in [3.63, 3.8) is 0 Å². The number of halogens is 1. The SMILES string of the molecule is CN=C(NCCc1ccn(-c2ccc(F)cc2)n1)NCc1ccc(OC)cc1OC. The van der Waals surface area contributed by atoms with Crippen molar-refractivity contribution in [3.8, 4) is 17.2 Å². The summed E-state index contributed by atoms with van der Waals surface area (Å²) < 4.78 is 25.5. The topological polar surface area (TPSA) is 72.7 Å². The molecule has 2 N–H and O–H groups in total. The van der Waals surface area contributed by atoms with Crippen molar-refractivity contribution in [2.75, 3.05) is 27.8 Å². The van der Waals surface area contributed by atoms with E-state index in [2.05, 4.69) is 20.7 Å². The van der Waals surface area contributed by atoms with Gasteiger partial charge in [0.05, 0.1) is 25.6 Å². The molecule has 158 valence electrons. The minimum atomic E-state index is -0.263. The maximum Gasteiger partial charge on any atom is 0.191 e. The molecule has 0 amide bonds. The molecular weight excluding hydrogens is 385 g/mol. The summed E-state index contributed by atoms with van der Waals surface area (Å²) in [5.74, 6) is 1.93. The van der Waals surface area contributed by atoms with Gasteiger partial charge in [-0.1, -0.05) is 0 Å². The van der Waals surface area contributed by atoms with Crippen LogP contribution in [0.25, 0.3) is 5.69 Å². The third kappa shape index (κ3) is 5.50. The summed E-state index contributed by atoms with van der Waals surface area (Å²) >= 11 is 0. The number of guanidine groups is 1. The molecule has 0 spiro atoms. The van der Waals surface area contributed by atoms with Gasteiger partial charge in [-0.2, -0.15) is 5.10 Å². The molecule has 0 saturated carbocycles. The number of ether oxygens (including phenoxy) is 2. The molecule has 0 aliphatic rings. The van der Waals surface area contributed by atoms with Crippen molar-refractivity contribution < 1.29 is 13.9 Å². The van der Waals surface area contributed by atoms with Gasteiger partial charge in [0.1, 0.15) is 17.3 Å². The highest BCUT2D eigenvalue weighted by Crippen LogP contribution is 2.24. The van der Waals surface area contributed by atoms with E-state index in [-0.39, 0.29) is 5.82 Å². The third-order valence-electron chi connectivity index (χ3n) is 4.57. The number of aliphatic imine (C=N–C) groups is 1. The number of methoxy groups -OCH3 is 2. The van der Waals surface area contributed by atoms with Crippen LogP contribution < -0.4 is 20.1 Å². The lowest BCUT2D eigenvalue weighted by Gasteiger charge is -2.14. The predicted octanol–water partition coefficient (Wildman–Crippen LogP) is 2.94. The number of nitrogens with zero attached hydrogens (tertiary/aromatic N) is 3. The van der Waals surface area contributed by atoms with E-state index >= 15 is 0 Å². The zero-order chi connectivity index (χ0) is 21.3. The zero-order valence-corrected chi connectivity index (χ0v) is 17.4. The molecule has 1 aromatic heterocycles. The van der Waals surface area contributed by atoms with Crippen LogP contribution in [0.5, 0.6) is 11.5 Å². The fraction of sp³-hybridized carbons (Fsp3) is 0.273. The molecule has 0 atom stereocenters. The molecule has 0 aliphatic carbocycles. The Morgan fingerprint density at radius 2 is 1.87 bits per heavy atom. The van der Waals surface area contributed by atoms with Crippen LogP contribution in [0.1, 0.15) is 11.3 Å². The number of benzene rings is 2. The first-order valence-corrected chi connectivity index (χ1v) is 9.59. The van der Waals surface area contributed by atoms with Crippen molar-refractivity contribution >= 4 is 5.96 Å². The first-order valence-electron chi connectivity index (χ1n) is 9.59. The lowest BCUT2D eigenvalue weighted by molar-refractivity contribution is 0.390. The van der Waals surface area contributed by atoms with Gasteiger partial charge >= 0.3 is 0 Å². The van der Waals surface area contributed by atoms with E-state index in [0.717, 1.165) is 34.9 Å². The van der Waals surface area contributed by atoms with Crippen LogP contribution in [0.3, 0.4) is 0 Å². The van der Waals surface area contributed by atoms with Gasteiger partial charge in [-0.3, -0.25) is 4.99 Å². The highest BCUT2D eigenvalue weighted by Gasteiger charge is 2.07. The fourth-order valence-corrected chi connectivity index (χ4v) is 2.94. The van der Waals surface area contributed by atoms with Crippen LogP contribution in [-0.2, 0) is 13.0 Å². The summed E-state index contributed by atoms with van der Waals surface area (Å²) in [5.41, 5.74) is 2.75. The Bertz CT molecular complexity index is 985. The van der Waals surface area contributed by atoms with Crippen molar-refractivity contribution in [1.29, 1.82) is 0 Å². The highest BCUT2D eigenvalue weighted by atomic mass is 19.1. The van der Waals surface area contributed by atoms with Crippen molar-refractivity contribution in [2.24, 2.45) is 4.99 Å². The summed E-state index contributed by atoms with van der Waals surface area (Å²) in [6.07, 6.45) is 2.59. The molecule has 2 aromatic carbocycles. The Labute approximate surface area is 175 Å². The van der Waals surface area contributed by atoms with Gasteiger partial charge in [0.15, 0.2) is 5.96 Å². The minimum absolute atomic E-state index is 0.263. The monoisotopic (exact) mass is 411 g/mol. The summed E-state index contributed by atoms with van der Waals surface area (Å²) in [5, 5.41) is 11.1. The molecule has 0 bridgehead atoms. The number of rotatable bonds is 8. The standard InChI is InChI=1S/C22H26FN5O2/c1-24-22(26-15-16-4-9-20(29-2)14-21(16)30-3)25-12-10-18-11-13-28(27-18)19-7-5-17(23)6-8-19/h4-9,11,13-14H,10,12,15H2,1-3H3,(H2,24,25,26). The van der Waals surface area contributed by atoms with Gasteiger partial charge in [0.2, 0.25) is 0 Å². The summed E-state index contributed by atoms with van der Waals surface area (Å²) in [6.45, 7) is 1.23. The number of nitrogens with one attached hydrogen (secondary N) is 2. The van der Waals surface area contributed by atoms with Crippen molar-refractivity contribution in [1.82, 2.24) is 20.4 Å². The second-order valence-corrected chi connectivity index (χ2v) is 6.51. The Balaban J connectivity index is 1.50. The quantitative estimate of drug-likeness (QED) is 0.441. The lowest BCUT2D eigenvalue weighted by Crippen LogP contribution is -2.38. The molecule has 0 fully saturated rings. The van der Waals surface area contributed by atoms with E-state index in [4.69, 9.17) is 9.47 Å². The van der Waals surface area contributed by atoms with Crippen LogP contribution in [0.15, 0.2) is 59.7 Å². The number of aromatic nitrogens is 2. The maximum atomic E-state index is 13.1. The molecule has 7 nitrogen and oxygen atoms in total. The number of hydrogen-bond donors (Lipinski definition) is 2. The van der Waals surface area contributed by atoms with E-state index in [0.29, 0.717) is 19.0 Å². The third-order valence-corrected chi connectivity index (χ3v) is 4.57. The first kappa shape index (κ1) is 21.2. The second-order valence-electron chi connectivity index (χ2n) is 6.51. The van der Waals surface area contributed by atoms with Crippen LogP contribution in [0.2, 0.25) is 0 Å². The van der Waals surface area contributed by atoms with E-state index in [1.54, 1.807) is 38.1 Å². The Hall–Kier alpha value is -3.55. The fourth-order valence-electron chi connectivity index (χ4n) is 2.94. The molecule has 0 saturated heterocycles. The Morgan fingerprint density at radius 1 is 1.07 bits per heavy atom. The molecule has 0 aliphatic heterocycles. The van der Waals surface area contributed by atoms with Crippen LogP contribution in [0, 0.1) is 5.82 Å². The molecule has 0 radical (unpaired) electrons. The molecule has 1 heterocycles. The summed E-state index contributed by atoms with van der Waals surface area (Å²) in [7, 11) is 4.99. The molecule has 0 unspecified atom stereocenters. The largest absolute Gasteiger partial charge is 0.497 e. The molecular formula is C22H26FN5O2. The van der Waals surface area contributed by atoms with E-state index < -0.39 is 0 Å². The maximum absolute atomic E-state index is 13.1. The first-order chi connectivity index (χ1) is 14.6. The normalized spacial score (nSPS) is 11.3. The average Bonchev–Trinajstić information content (AvgIpc) is 3.25. The lowest BCUT2D eigenvalue weighted by atomic mass is 10.2. The van der Waals surface area contributed by atoms with Gasteiger partial charge in [-0.05, 0) is 42.5 Å². The minimum Gasteiger partial charge on any atom is -0.497 e. The van der Waals surface area contributed by atoms with Crippen molar-refractivity contribution in [3.05, 3.63) is 71.8 Å². The zero-order valence-electron chi connectivity index (χ0n) is 17.4. The molecule has 30 heavy (non-hydrogen) atoms. The Morgan fingerprint density at radius 3 is 2.57 bits per heavy atom. The smallest absolute Gasteiger partial charge is 0.191 e. The van der Waals surface area contributed by atoms with Gasteiger partial charge < -0.3 is 20.1 Å². The highest BCUT2D eigenvalue weighted by molar-refractivity contribution is 5.79. The van der Waals surface area contributed by atoms with Gasteiger partial charge in [0.25, 0.3) is 0 Å². The van der Waals surface area contributed by atoms with Gasteiger partial charge in [0, 0.05) is 44.4 Å². The van der Waals surface area contributed by atoms with Crippen LogP contribution >= 0.6 is 0 Å². The number of hydrogen-bond acceptors (Lipinski definition) is 4. The van der Waals surface area contributed by atoms with E-state index in [9.17, 15) is 4.39 Å². The molecule has 3 aromatic rings. The second kappa shape index (κ2) is 10.3. The van der Waals surface area contributed by atoms with E-state index in [1.807, 2.05) is 30.5 Å². The van der Waals surface area contributed by atoms with Gasteiger partial charge in [-0.15, -0.1) is 0 Å². The van der Waals surface area contributed by atoms with Crippen molar-refractivity contribution in [2.45, 2.75) is 13.0 Å². The molecule has 8 heteroatoms. The van der Waals surface area contributed by atoms with Crippen LogP contribution in [-0.4, -0.2) is 43.6 Å². The van der Waals surface area contributed by atoms with Crippen LogP contribution in [0.4, 0.5) is 4.39 Å². The predicted molar refractivity (Wildman–Crippen MR) is 115 cm³/mol. The Kier molecular flexibility index (Phi) is 7.26. The average molecular weight is 411 g/mol. The summed E-state index contributed by atoms with van der Waals surface area (Å²) in [6, 6.07) is 13.9. The van der Waals surface area contributed by atoms with E-state index in [1.165, 1.54) is 12.1 Å².